The maximum Gasteiger partial charge on any atom is 0.268 e. The number of hydrogen-bond donors (Lipinski definition) is 0. The summed E-state index contributed by atoms with van der Waals surface area (Å²) in [7, 11) is 0. The van der Waals surface area contributed by atoms with Crippen LogP contribution in [0.1, 0.15) is 16.9 Å². The zero-order valence-electron chi connectivity index (χ0n) is 24.8. The zero-order valence-corrected chi connectivity index (χ0v) is 27.1. The van der Waals surface area contributed by atoms with Gasteiger partial charge in [0.15, 0.2) is 0 Å². The molecule has 0 aliphatic heterocycles. The number of aromatic nitrogens is 4. The van der Waals surface area contributed by atoms with E-state index in [2.05, 4.69) is 123 Å². The summed E-state index contributed by atoms with van der Waals surface area (Å²) in [5, 5.41) is 3.31. The molecule has 5 aromatic carbocycles. The van der Waals surface area contributed by atoms with Gasteiger partial charge in [-0.3, -0.25) is 4.57 Å². The first-order chi connectivity index (χ1) is 22.2. The van der Waals surface area contributed by atoms with Crippen molar-refractivity contribution in [2.75, 3.05) is 0 Å². The fraction of sp³-hybridized carbons (Fsp3) is 0.0500. The van der Waals surface area contributed by atoms with Gasteiger partial charge in [-0.05, 0) is 48.7 Å². The number of fused-ring (bicyclic) bond motifs is 5. The summed E-state index contributed by atoms with van der Waals surface area (Å²) in [6.45, 7) is 1.96. The molecule has 0 fully saturated rings. The SMILES string of the molecule is Cc1cc2cnc(-n3c4[c-]c(Cc5[c-]c(-n6[c-][n+](-c7ccccc7)c7ccccc76)ccc5)ccc4c4ccccc43)cc2o1.[Pt]. The van der Waals surface area contributed by atoms with Crippen molar-refractivity contribution in [3.63, 3.8) is 0 Å². The van der Waals surface area contributed by atoms with Crippen molar-refractivity contribution in [2.45, 2.75) is 13.3 Å². The minimum Gasteiger partial charge on any atom is -0.461 e. The largest absolute Gasteiger partial charge is 0.461 e. The number of hydrogen-bond acceptors (Lipinski definition) is 2. The molecule has 9 rings (SSSR count). The number of para-hydroxylation sites is 4. The molecule has 0 saturated carbocycles. The Labute approximate surface area is 280 Å². The van der Waals surface area contributed by atoms with Gasteiger partial charge in [-0.25, -0.2) is 4.98 Å². The zero-order chi connectivity index (χ0) is 29.9. The average Bonchev–Trinajstić information content (AvgIpc) is 3.75. The average molecular weight is 774 g/mol. The van der Waals surface area contributed by atoms with Crippen LogP contribution in [0.3, 0.4) is 0 Å². The minimum absolute atomic E-state index is 0. The Morgan fingerprint density at radius 2 is 1.52 bits per heavy atom. The normalized spacial score (nSPS) is 11.5. The smallest absolute Gasteiger partial charge is 0.268 e. The van der Waals surface area contributed by atoms with Crippen molar-refractivity contribution in [3.05, 3.63) is 163 Å². The first-order valence-electron chi connectivity index (χ1n) is 15.0. The summed E-state index contributed by atoms with van der Waals surface area (Å²) in [6, 6.07) is 49.3. The first kappa shape index (κ1) is 28.2. The summed E-state index contributed by atoms with van der Waals surface area (Å²) in [4.78, 5) is 4.84. The van der Waals surface area contributed by atoms with Gasteiger partial charge in [0, 0.05) is 44.2 Å². The standard InChI is InChI=1S/C40H26N4O.Pt/c1-27-20-30-25-41-40(24-39(30)45-27)44-35-15-6-5-14-33(35)34-19-18-29(23-38(34)44)21-28-10-9-13-32(22-28)43-26-42(31-11-3-2-4-12-31)36-16-7-8-17-37(36)43;/h2-20,24-25H,21H2,1H3;/q-2;. The molecule has 0 atom stereocenters. The number of pyridine rings is 1. The molecule has 0 unspecified atom stereocenters. The predicted molar refractivity (Wildman–Crippen MR) is 177 cm³/mol. The molecule has 0 saturated heterocycles. The van der Waals surface area contributed by atoms with E-state index in [0.29, 0.717) is 6.42 Å². The van der Waals surface area contributed by atoms with Crippen LogP contribution in [0, 0.1) is 25.4 Å². The van der Waals surface area contributed by atoms with Gasteiger partial charge < -0.3 is 13.6 Å². The molecule has 4 aromatic heterocycles. The van der Waals surface area contributed by atoms with Crippen LogP contribution >= 0.6 is 0 Å². The molecule has 4 heterocycles. The molecule has 6 heteroatoms. The van der Waals surface area contributed by atoms with Gasteiger partial charge in [0.25, 0.3) is 6.33 Å². The van der Waals surface area contributed by atoms with E-state index < -0.39 is 0 Å². The Bertz CT molecular complexity index is 2540. The van der Waals surface area contributed by atoms with Crippen molar-refractivity contribution >= 4 is 43.8 Å². The predicted octanol–water partition coefficient (Wildman–Crippen LogP) is 8.44. The molecule has 0 radical (unpaired) electrons. The van der Waals surface area contributed by atoms with Crippen molar-refractivity contribution < 1.29 is 30.0 Å². The van der Waals surface area contributed by atoms with Crippen LogP contribution in [0.15, 0.2) is 132 Å². The molecule has 0 aliphatic carbocycles. The van der Waals surface area contributed by atoms with Crippen molar-refractivity contribution in [1.82, 2.24) is 14.1 Å². The molecule has 0 aliphatic rings. The van der Waals surface area contributed by atoms with Crippen molar-refractivity contribution in [1.29, 1.82) is 0 Å². The molecule has 224 valence electrons. The summed E-state index contributed by atoms with van der Waals surface area (Å²) < 4.78 is 12.3. The summed E-state index contributed by atoms with van der Waals surface area (Å²) in [6.07, 6.45) is 6.14. The minimum atomic E-state index is 0. The van der Waals surface area contributed by atoms with Crippen LogP contribution in [0.2, 0.25) is 0 Å². The number of aryl methyl sites for hydroxylation is 1. The van der Waals surface area contributed by atoms with E-state index in [0.717, 1.165) is 72.5 Å². The molecule has 0 spiro atoms. The monoisotopic (exact) mass is 773 g/mol. The van der Waals surface area contributed by atoms with Gasteiger partial charge in [0.2, 0.25) is 0 Å². The Balaban J connectivity index is 0.00000312. The first-order valence-corrected chi connectivity index (χ1v) is 15.0. The van der Waals surface area contributed by atoms with E-state index in [1.54, 1.807) is 0 Å². The van der Waals surface area contributed by atoms with Gasteiger partial charge in [-0.15, -0.1) is 5.39 Å². The fourth-order valence-corrected chi connectivity index (χ4v) is 6.40. The van der Waals surface area contributed by atoms with Crippen LogP contribution in [0.25, 0.3) is 61.0 Å². The Morgan fingerprint density at radius 1 is 0.739 bits per heavy atom. The van der Waals surface area contributed by atoms with Gasteiger partial charge in [-0.2, -0.15) is 53.6 Å². The quantitative estimate of drug-likeness (QED) is 0.130. The maximum atomic E-state index is 5.96. The summed E-state index contributed by atoms with van der Waals surface area (Å²) in [5.74, 6) is 1.69. The number of rotatable bonds is 5. The molecule has 5 nitrogen and oxygen atoms in total. The summed E-state index contributed by atoms with van der Waals surface area (Å²) in [5.41, 5.74) is 9.24. The molecule has 46 heavy (non-hydrogen) atoms. The van der Waals surface area contributed by atoms with Gasteiger partial charge in [0.05, 0.1) is 16.7 Å². The molecule has 0 bridgehead atoms. The third-order valence-corrected chi connectivity index (χ3v) is 8.42. The van der Waals surface area contributed by atoms with E-state index in [1.165, 1.54) is 5.39 Å². The third kappa shape index (κ3) is 4.67. The van der Waals surface area contributed by atoms with E-state index >= 15 is 0 Å². The maximum absolute atomic E-state index is 5.96. The second kappa shape index (κ2) is 11.3. The second-order valence-corrected chi connectivity index (χ2v) is 11.4. The van der Waals surface area contributed by atoms with Gasteiger partial charge in [-0.1, -0.05) is 66.2 Å². The van der Waals surface area contributed by atoms with Gasteiger partial charge in [0.1, 0.15) is 17.2 Å². The molecular weight excluding hydrogens is 748 g/mol. The second-order valence-electron chi connectivity index (χ2n) is 11.4. The van der Waals surface area contributed by atoms with E-state index in [1.807, 2.05) is 43.5 Å². The summed E-state index contributed by atoms with van der Waals surface area (Å²) >= 11 is 0. The molecule has 9 aromatic rings. The number of imidazole rings is 1. The van der Waals surface area contributed by atoms with E-state index in [9.17, 15) is 0 Å². The molecule has 0 amide bonds. The fourth-order valence-electron chi connectivity index (χ4n) is 6.40. The Kier molecular flexibility index (Phi) is 6.92. The van der Waals surface area contributed by atoms with Crippen LogP contribution in [-0.4, -0.2) is 14.1 Å². The van der Waals surface area contributed by atoms with Crippen molar-refractivity contribution in [3.8, 4) is 17.2 Å². The topological polar surface area (TPSA) is 39.8 Å². The molecule has 0 N–H and O–H groups in total. The van der Waals surface area contributed by atoms with E-state index in [4.69, 9.17) is 9.40 Å². The number of furan rings is 1. The Hall–Kier alpha value is -5.25. The van der Waals surface area contributed by atoms with Crippen LogP contribution in [0.4, 0.5) is 0 Å². The number of nitrogens with zero attached hydrogens (tertiary/aromatic N) is 4. The third-order valence-electron chi connectivity index (χ3n) is 8.42. The van der Waals surface area contributed by atoms with Crippen LogP contribution in [0.5, 0.6) is 0 Å². The van der Waals surface area contributed by atoms with Crippen LogP contribution < -0.4 is 4.57 Å². The van der Waals surface area contributed by atoms with Gasteiger partial charge >= 0.3 is 0 Å². The van der Waals surface area contributed by atoms with Crippen LogP contribution in [-0.2, 0) is 27.5 Å². The van der Waals surface area contributed by atoms with E-state index in [-0.39, 0.29) is 21.1 Å². The number of benzene rings is 5. The van der Waals surface area contributed by atoms with Crippen molar-refractivity contribution in [2.24, 2.45) is 0 Å². The Morgan fingerprint density at radius 3 is 2.41 bits per heavy atom. The molecular formula is C40H26N4OPt-2.